The Bertz CT molecular complexity index is 846. The number of likely N-dealkylation sites (tertiary alicyclic amines) is 1. The third-order valence-electron chi connectivity index (χ3n) is 5.37. The normalized spacial score (nSPS) is 17.6. The highest BCUT2D eigenvalue weighted by molar-refractivity contribution is 5.74. The van der Waals surface area contributed by atoms with E-state index >= 15 is 0 Å². The minimum atomic E-state index is -0.832. The summed E-state index contributed by atoms with van der Waals surface area (Å²) >= 11 is 0. The topological polar surface area (TPSA) is 77.5 Å². The van der Waals surface area contributed by atoms with Crippen LogP contribution in [-0.4, -0.2) is 57.0 Å². The van der Waals surface area contributed by atoms with Gasteiger partial charge in [0.25, 0.3) is 0 Å². The van der Waals surface area contributed by atoms with Gasteiger partial charge in [-0.05, 0) is 42.7 Å². The quantitative estimate of drug-likeness (QED) is 0.727. The lowest BCUT2D eigenvalue weighted by molar-refractivity contribution is -0.142. The molecule has 1 aliphatic rings. The Kier molecular flexibility index (Phi) is 6.49. The van der Waals surface area contributed by atoms with Crippen LogP contribution in [-0.2, 0) is 4.79 Å². The molecule has 29 heavy (non-hydrogen) atoms. The van der Waals surface area contributed by atoms with E-state index in [1.165, 1.54) is 0 Å². The van der Waals surface area contributed by atoms with Crippen LogP contribution in [0.3, 0.4) is 0 Å². The van der Waals surface area contributed by atoms with Crippen molar-refractivity contribution in [3.8, 4) is 23.0 Å². The summed E-state index contributed by atoms with van der Waals surface area (Å²) in [5.41, 5.74) is 1.66. The first kappa shape index (κ1) is 20.8. The number of rotatable bonds is 8. The Morgan fingerprint density at radius 3 is 2.14 bits per heavy atom. The van der Waals surface area contributed by atoms with Gasteiger partial charge in [-0.2, -0.15) is 0 Å². The zero-order chi connectivity index (χ0) is 21.0. The first-order chi connectivity index (χ1) is 14.0. The molecule has 7 heteroatoms. The monoisotopic (exact) mass is 401 g/mol. The number of carbonyl (C=O) groups is 1. The number of hydrogen-bond acceptors (Lipinski definition) is 6. The maximum atomic E-state index is 12.0. The van der Waals surface area contributed by atoms with E-state index in [1.54, 1.807) is 28.4 Å². The second kappa shape index (κ2) is 9.05. The second-order valence-corrected chi connectivity index (χ2v) is 6.83. The van der Waals surface area contributed by atoms with Gasteiger partial charge in [-0.25, -0.2) is 0 Å². The maximum Gasteiger partial charge on any atom is 0.320 e. The molecule has 1 fully saturated rings. The molecule has 0 aromatic heterocycles. The molecule has 2 aromatic rings. The number of aliphatic carboxylic acids is 1. The Morgan fingerprint density at radius 2 is 1.59 bits per heavy atom. The van der Waals surface area contributed by atoms with Gasteiger partial charge in [0.2, 0.25) is 0 Å². The molecule has 0 saturated carbocycles. The Balaban J connectivity index is 2.23. The molecule has 0 radical (unpaired) electrons. The van der Waals surface area contributed by atoms with Crippen LogP contribution in [0.15, 0.2) is 36.4 Å². The summed E-state index contributed by atoms with van der Waals surface area (Å²) in [5.74, 6) is 1.63. The Labute approximate surface area is 170 Å². The second-order valence-electron chi connectivity index (χ2n) is 6.83. The van der Waals surface area contributed by atoms with Gasteiger partial charge in [-0.3, -0.25) is 9.69 Å². The van der Waals surface area contributed by atoms with Crippen molar-refractivity contribution in [2.24, 2.45) is 0 Å². The van der Waals surface area contributed by atoms with Crippen molar-refractivity contribution in [1.82, 2.24) is 4.90 Å². The summed E-state index contributed by atoms with van der Waals surface area (Å²) < 4.78 is 22.1. The van der Waals surface area contributed by atoms with Gasteiger partial charge < -0.3 is 24.1 Å². The molecule has 1 N–H and O–H groups in total. The number of benzene rings is 2. The predicted molar refractivity (Wildman–Crippen MR) is 108 cm³/mol. The van der Waals surface area contributed by atoms with Crippen molar-refractivity contribution in [3.05, 3.63) is 47.5 Å². The highest BCUT2D eigenvalue weighted by atomic mass is 16.5. The fourth-order valence-electron chi connectivity index (χ4n) is 4.06. The molecule has 0 spiro atoms. The third kappa shape index (κ3) is 3.96. The van der Waals surface area contributed by atoms with Gasteiger partial charge in [0.05, 0.1) is 40.0 Å². The molecule has 0 aliphatic carbocycles. The van der Waals surface area contributed by atoms with Crippen molar-refractivity contribution < 1.29 is 28.8 Å². The van der Waals surface area contributed by atoms with Crippen molar-refractivity contribution in [3.63, 3.8) is 0 Å². The van der Waals surface area contributed by atoms with Crippen molar-refractivity contribution in [2.75, 3.05) is 35.0 Å². The first-order valence-corrected chi connectivity index (χ1v) is 9.47. The van der Waals surface area contributed by atoms with Gasteiger partial charge in [0.1, 0.15) is 17.5 Å². The van der Waals surface area contributed by atoms with E-state index < -0.39 is 12.0 Å². The fraction of sp³-hybridized carbons (Fsp3) is 0.409. The van der Waals surface area contributed by atoms with E-state index in [9.17, 15) is 9.90 Å². The van der Waals surface area contributed by atoms with Crippen molar-refractivity contribution in [1.29, 1.82) is 0 Å². The molecule has 7 nitrogen and oxygen atoms in total. The minimum Gasteiger partial charge on any atom is -0.496 e. The minimum absolute atomic E-state index is 0.385. The summed E-state index contributed by atoms with van der Waals surface area (Å²) in [6.45, 7) is 0.650. The van der Waals surface area contributed by atoms with E-state index in [2.05, 4.69) is 0 Å². The molecule has 2 unspecified atom stereocenters. The molecule has 0 bridgehead atoms. The zero-order valence-corrected chi connectivity index (χ0v) is 17.2. The summed E-state index contributed by atoms with van der Waals surface area (Å²) in [6.07, 6.45) is 1.40. The lowest BCUT2D eigenvalue weighted by Crippen LogP contribution is -2.39. The molecule has 1 saturated heterocycles. The molecule has 1 heterocycles. The highest BCUT2D eigenvalue weighted by Crippen LogP contribution is 2.45. The van der Waals surface area contributed by atoms with Gasteiger partial charge in [0, 0.05) is 6.54 Å². The van der Waals surface area contributed by atoms with Gasteiger partial charge in [-0.15, -0.1) is 0 Å². The number of carboxylic acid groups (broad SMARTS) is 1. The van der Waals surface area contributed by atoms with Crippen molar-refractivity contribution in [2.45, 2.75) is 24.9 Å². The molecule has 2 aromatic carbocycles. The number of carboxylic acids is 1. The van der Waals surface area contributed by atoms with E-state index in [4.69, 9.17) is 18.9 Å². The smallest absolute Gasteiger partial charge is 0.320 e. The lowest BCUT2D eigenvalue weighted by atomic mass is 9.94. The molecular weight excluding hydrogens is 374 g/mol. The van der Waals surface area contributed by atoms with Crippen LogP contribution in [0.1, 0.15) is 30.0 Å². The molecule has 0 amide bonds. The van der Waals surface area contributed by atoms with E-state index in [0.717, 1.165) is 17.5 Å². The van der Waals surface area contributed by atoms with E-state index in [0.29, 0.717) is 36.0 Å². The molecular formula is C22H27NO6. The van der Waals surface area contributed by atoms with Crippen LogP contribution in [0.5, 0.6) is 23.0 Å². The lowest BCUT2D eigenvalue weighted by Gasteiger charge is -2.33. The molecule has 3 rings (SSSR count). The van der Waals surface area contributed by atoms with Crippen LogP contribution < -0.4 is 18.9 Å². The van der Waals surface area contributed by atoms with E-state index in [-0.39, 0.29) is 6.04 Å². The fourth-order valence-corrected chi connectivity index (χ4v) is 4.06. The standard InChI is InChI=1S/C22H27NO6/c1-26-16-11-10-14(13-19(16)29-4)21(23-12-6-7-15(23)22(24)25)20-17(27-2)8-5-9-18(20)28-3/h5,8-11,13,15,21H,6-7,12H2,1-4H3,(H,24,25). The van der Waals surface area contributed by atoms with E-state index in [1.807, 2.05) is 41.3 Å². The van der Waals surface area contributed by atoms with Crippen LogP contribution in [0.2, 0.25) is 0 Å². The predicted octanol–water partition coefficient (Wildman–Crippen LogP) is 3.36. The SMILES string of the molecule is COc1ccc(C(c2c(OC)cccc2OC)N2CCCC2C(=O)O)cc1OC. The zero-order valence-electron chi connectivity index (χ0n) is 17.2. The summed E-state index contributed by atoms with van der Waals surface area (Å²) in [5, 5.41) is 9.81. The number of nitrogens with zero attached hydrogens (tertiary/aromatic N) is 1. The van der Waals surface area contributed by atoms with Crippen LogP contribution >= 0.6 is 0 Å². The number of methoxy groups -OCH3 is 4. The Morgan fingerprint density at radius 1 is 0.966 bits per heavy atom. The Hall–Kier alpha value is -2.93. The third-order valence-corrected chi connectivity index (χ3v) is 5.37. The highest BCUT2D eigenvalue weighted by Gasteiger charge is 2.39. The van der Waals surface area contributed by atoms with Crippen LogP contribution in [0, 0.1) is 0 Å². The van der Waals surface area contributed by atoms with Crippen LogP contribution in [0.4, 0.5) is 0 Å². The van der Waals surface area contributed by atoms with Crippen LogP contribution in [0.25, 0.3) is 0 Å². The van der Waals surface area contributed by atoms with Crippen molar-refractivity contribution >= 4 is 5.97 Å². The van der Waals surface area contributed by atoms with Gasteiger partial charge >= 0.3 is 5.97 Å². The molecule has 2 atom stereocenters. The maximum absolute atomic E-state index is 12.0. The molecule has 156 valence electrons. The van der Waals surface area contributed by atoms with Gasteiger partial charge in [-0.1, -0.05) is 12.1 Å². The summed E-state index contributed by atoms with van der Waals surface area (Å²) in [4.78, 5) is 14.0. The number of ether oxygens (including phenoxy) is 4. The number of hydrogen-bond donors (Lipinski definition) is 1. The van der Waals surface area contributed by atoms with Gasteiger partial charge in [0.15, 0.2) is 11.5 Å². The first-order valence-electron chi connectivity index (χ1n) is 9.47. The summed E-state index contributed by atoms with van der Waals surface area (Å²) in [7, 11) is 6.36. The molecule has 1 aliphatic heterocycles. The summed E-state index contributed by atoms with van der Waals surface area (Å²) in [6, 6.07) is 10.2. The largest absolute Gasteiger partial charge is 0.496 e. The average molecular weight is 401 g/mol. The average Bonchev–Trinajstić information content (AvgIpc) is 3.23.